The molecule has 8 nitrogen and oxygen atoms in total. The van der Waals surface area contributed by atoms with E-state index in [1.54, 1.807) is 42.5 Å². The molecular weight excluding hydrogens is 562 g/mol. The van der Waals surface area contributed by atoms with Crippen LogP contribution in [0.25, 0.3) is 0 Å². The minimum atomic E-state index is -0.723. The van der Waals surface area contributed by atoms with Gasteiger partial charge in [-0.3, -0.25) is 14.4 Å². The molecule has 0 fully saturated rings. The molecule has 0 bridgehead atoms. The van der Waals surface area contributed by atoms with Crippen LogP contribution < -0.4 is 15.5 Å². The number of carbonyl (C=O) groups is 4. The number of nitrogens with one attached hydrogen (secondary N) is 2. The van der Waals surface area contributed by atoms with Crippen molar-refractivity contribution in [2.75, 3.05) is 22.1 Å². The fraction of sp³-hybridized carbons (Fsp3) is 0.111. The predicted octanol–water partition coefficient (Wildman–Crippen LogP) is 5.70. The standard InChI is InChI=1S/C27H21BrClN3O5/c1-2-14-37-27(36)17-4-3-5-21(15-17)32-25(34)22(29)23(26(32)35)30-19-10-6-16(7-11-19)24(33)31-20-12-8-18(28)9-13-20/h3-13,15,30H,2,14H2,1H3,(H,31,33). The summed E-state index contributed by atoms with van der Waals surface area (Å²) < 4.78 is 6.03. The monoisotopic (exact) mass is 581 g/mol. The summed E-state index contributed by atoms with van der Waals surface area (Å²) in [5.74, 6) is -2.25. The van der Waals surface area contributed by atoms with Crippen molar-refractivity contribution in [1.82, 2.24) is 0 Å². The number of esters is 1. The van der Waals surface area contributed by atoms with Crippen molar-refractivity contribution in [2.45, 2.75) is 13.3 Å². The maximum atomic E-state index is 13.1. The summed E-state index contributed by atoms with van der Waals surface area (Å²) in [5.41, 5.74) is 1.78. The molecule has 0 spiro atoms. The molecule has 0 radical (unpaired) electrons. The number of anilines is 3. The van der Waals surface area contributed by atoms with Crippen molar-refractivity contribution >= 4 is 68.3 Å². The van der Waals surface area contributed by atoms with Crippen LogP contribution in [0.2, 0.25) is 0 Å². The fourth-order valence-electron chi connectivity index (χ4n) is 3.48. The van der Waals surface area contributed by atoms with Crippen LogP contribution in [0.4, 0.5) is 17.1 Å². The lowest BCUT2D eigenvalue weighted by Gasteiger charge is -2.16. The first-order valence-electron chi connectivity index (χ1n) is 11.3. The van der Waals surface area contributed by atoms with Crippen LogP contribution in [0.1, 0.15) is 34.1 Å². The maximum absolute atomic E-state index is 13.1. The van der Waals surface area contributed by atoms with E-state index in [2.05, 4.69) is 26.6 Å². The number of hydrogen-bond donors (Lipinski definition) is 2. The van der Waals surface area contributed by atoms with Crippen LogP contribution in [-0.2, 0) is 14.3 Å². The summed E-state index contributed by atoms with van der Waals surface area (Å²) in [7, 11) is 0. The number of amides is 3. The zero-order valence-corrected chi connectivity index (χ0v) is 21.9. The van der Waals surface area contributed by atoms with E-state index < -0.39 is 17.8 Å². The molecule has 10 heteroatoms. The molecule has 4 rings (SSSR count). The van der Waals surface area contributed by atoms with Gasteiger partial charge in [0, 0.05) is 21.4 Å². The molecule has 1 heterocycles. The molecule has 3 amide bonds. The third-order valence-corrected chi connectivity index (χ3v) is 6.20. The van der Waals surface area contributed by atoms with Gasteiger partial charge in [0.2, 0.25) is 0 Å². The van der Waals surface area contributed by atoms with Crippen LogP contribution >= 0.6 is 27.5 Å². The molecule has 1 aliphatic rings. The molecule has 3 aromatic carbocycles. The molecule has 0 atom stereocenters. The quantitative estimate of drug-likeness (QED) is 0.261. The van der Waals surface area contributed by atoms with Crippen molar-refractivity contribution in [1.29, 1.82) is 0 Å². The van der Waals surface area contributed by atoms with Gasteiger partial charge in [-0.15, -0.1) is 0 Å². The van der Waals surface area contributed by atoms with Gasteiger partial charge in [0.15, 0.2) is 0 Å². The van der Waals surface area contributed by atoms with Gasteiger partial charge < -0.3 is 15.4 Å². The minimum absolute atomic E-state index is 0.113. The van der Waals surface area contributed by atoms with Crippen molar-refractivity contribution < 1.29 is 23.9 Å². The van der Waals surface area contributed by atoms with Crippen molar-refractivity contribution in [3.8, 4) is 0 Å². The highest BCUT2D eigenvalue weighted by Gasteiger charge is 2.39. The van der Waals surface area contributed by atoms with E-state index >= 15 is 0 Å². The zero-order valence-electron chi connectivity index (χ0n) is 19.6. The van der Waals surface area contributed by atoms with E-state index in [1.807, 2.05) is 19.1 Å². The fourth-order valence-corrected chi connectivity index (χ4v) is 3.96. The Kier molecular flexibility index (Phi) is 8.05. The zero-order chi connectivity index (χ0) is 26.5. The molecule has 188 valence electrons. The highest BCUT2D eigenvalue weighted by Crippen LogP contribution is 2.31. The third-order valence-electron chi connectivity index (χ3n) is 5.32. The lowest BCUT2D eigenvalue weighted by Crippen LogP contribution is -2.32. The Bertz CT molecular complexity index is 1400. The van der Waals surface area contributed by atoms with Gasteiger partial charge in [0.1, 0.15) is 10.7 Å². The minimum Gasteiger partial charge on any atom is -0.462 e. The Morgan fingerprint density at radius 3 is 2.27 bits per heavy atom. The van der Waals surface area contributed by atoms with Crippen LogP contribution in [0, 0.1) is 0 Å². The molecular formula is C27H21BrClN3O5. The SMILES string of the molecule is CCCOC(=O)c1cccc(N2C(=O)C(Cl)=C(Nc3ccc(C(=O)Nc4ccc(Br)cc4)cc3)C2=O)c1. The van der Waals surface area contributed by atoms with Crippen LogP contribution in [0.15, 0.2) is 88.0 Å². The molecule has 0 saturated heterocycles. The smallest absolute Gasteiger partial charge is 0.338 e. The second-order valence-electron chi connectivity index (χ2n) is 7.98. The lowest BCUT2D eigenvalue weighted by atomic mass is 10.2. The number of rotatable bonds is 8. The van der Waals surface area contributed by atoms with Gasteiger partial charge in [-0.25, -0.2) is 9.69 Å². The van der Waals surface area contributed by atoms with Gasteiger partial charge in [0.05, 0.1) is 17.9 Å². The molecule has 0 saturated carbocycles. The van der Waals surface area contributed by atoms with E-state index in [9.17, 15) is 19.2 Å². The molecule has 0 aromatic heterocycles. The van der Waals surface area contributed by atoms with E-state index in [0.717, 1.165) is 9.37 Å². The summed E-state index contributed by atoms with van der Waals surface area (Å²) >= 11 is 9.56. The molecule has 1 aliphatic heterocycles. The highest BCUT2D eigenvalue weighted by atomic mass is 79.9. The van der Waals surface area contributed by atoms with Crippen molar-refractivity contribution in [3.63, 3.8) is 0 Å². The summed E-state index contributed by atoms with van der Waals surface area (Å²) in [4.78, 5) is 51.5. The van der Waals surface area contributed by atoms with Crippen molar-refractivity contribution in [2.24, 2.45) is 0 Å². The first-order chi connectivity index (χ1) is 17.8. The number of halogens is 2. The Morgan fingerprint density at radius 1 is 0.919 bits per heavy atom. The summed E-state index contributed by atoms with van der Waals surface area (Å²) in [6.45, 7) is 2.14. The van der Waals surface area contributed by atoms with Gasteiger partial charge in [-0.05, 0) is 73.2 Å². The average Bonchev–Trinajstić information content (AvgIpc) is 3.11. The van der Waals surface area contributed by atoms with E-state index in [1.165, 1.54) is 18.2 Å². The molecule has 3 aromatic rings. The average molecular weight is 583 g/mol. The number of carbonyl (C=O) groups excluding carboxylic acids is 4. The summed E-state index contributed by atoms with van der Waals surface area (Å²) in [6.07, 6.45) is 0.667. The Labute approximate surface area is 226 Å². The molecule has 0 unspecified atom stereocenters. The van der Waals surface area contributed by atoms with Crippen LogP contribution in [0.5, 0.6) is 0 Å². The van der Waals surface area contributed by atoms with Crippen molar-refractivity contribution in [3.05, 3.63) is 99.1 Å². The largest absolute Gasteiger partial charge is 0.462 e. The highest BCUT2D eigenvalue weighted by molar-refractivity contribution is 9.10. The third kappa shape index (κ3) is 5.90. The first-order valence-corrected chi connectivity index (χ1v) is 12.5. The lowest BCUT2D eigenvalue weighted by molar-refractivity contribution is -0.120. The topological polar surface area (TPSA) is 105 Å². The number of hydrogen-bond acceptors (Lipinski definition) is 6. The predicted molar refractivity (Wildman–Crippen MR) is 145 cm³/mol. The Hall–Kier alpha value is -3.95. The van der Waals surface area contributed by atoms with Gasteiger partial charge in [-0.2, -0.15) is 0 Å². The van der Waals surface area contributed by atoms with Gasteiger partial charge in [0.25, 0.3) is 17.7 Å². The Balaban J connectivity index is 1.46. The molecule has 2 N–H and O–H groups in total. The number of nitrogens with zero attached hydrogens (tertiary/aromatic N) is 1. The molecule has 0 aliphatic carbocycles. The summed E-state index contributed by atoms with van der Waals surface area (Å²) in [5, 5.41) is 5.37. The molecule has 37 heavy (non-hydrogen) atoms. The summed E-state index contributed by atoms with van der Waals surface area (Å²) in [6, 6.07) is 19.5. The maximum Gasteiger partial charge on any atom is 0.338 e. The van der Waals surface area contributed by atoms with E-state index in [4.69, 9.17) is 16.3 Å². The number of benzene rings is 3. The first kappa shape index (κ1) is 26.1. The second kappa shape index (κ2) is 11.4. The van der Waals surface area contributed by atoms with E-state index in [0.29, 0.717) is 23.4 Å². The second-order valence-corrected chi connectivity index (χ2v) is 9.28. The Morgan fingerprint density at radius 2 is 1.59 bits per heavy atom. The number of imide groups is 1. The normalized spacial score (nSPS) is 13.1. The van der Waals surface area contributed by atoms with Gasteiger partial charge >= 0.3 is 5.97 Å². The van der Waals surface area contributed by atoms with Crippen LogP contribution in [0.3, 0.4) is 0 Å². The number of ether oxygens (including phenoxy) is 1. The van der Waals surface area contributed by atoms with Gasteiger partial charge in [-0.1, -0.05) is 40.5 Å². The van der Waals surface area contributed by atoms with Crippen LogP contribution in [-0.4, -0.2) is 30.3 Å². The van der Waals surface area contributed by atoms with E-state index in [-0.39, 0.29) is 34.5 Å².